The van der Waals surface area contributed by atoms with E-state index in [1.54, 1.807) is 24.3 Å². The van der Waals surface area contributed by atoms with Crippen LogP contribution in [0.4, 0.5) is 5.69 Å². The van der Waals surface area contributed by atoms with Crippen LogP contribution in [0.1, 0.15) is 21.5 Å². The first-order valence-corrected chi connectivity index (χ1v) is 10.3. The Morgan fingerprint density at radius 2 is 1.64 bits per heavy atom. The Bertz CT molecular complexity index is 1080. The molecule has 5 nitrogen and oxygen atoms in total. The summed E-state index contributed by atoms with van der Waals surface area (Å²) in [4.78, 5) is 12.5. The maximum Gasteiger partial charge on any atom is 0.264 e. The standard InChI is InChI=1S/C22H22N2O3S/c1-17-8-6-12-20(14-17)24(2)28(26,27)21-13-7-11-19(15-21)22(25)23-16-18-9-4-3-5-10-18/h3-15H,16H2,1-2H3,(H,23,25). The smallest absolute Gasteiger partial charge is 0.264 e. The van der Waals surface area contributed by atoms with Crippen LogP contribution in [0.2, 0.25) is 0 Å². The van der Waals surface area contributed by atoms with E-state index >= 15 is 0 Å². The molecule has 144 valence electrons. The van der Waals surface area contributed by atoms with Gasteiger partial charge in [-0.3, -0.25) is 9.10 Å². The summed E-state index contributed by atoms with van der Waals surface area (Å²) in [5.74, 6) is -0.320. The molecule has 1 amide bonds. The molecule has 0 aliphatic heterocycles. The highest BCUT2D eigenvalue weighted by Gasteiger charge is 2.22. The zero-order valence-corrected chi connectivity index (χ0v) is 16.6. The highest BCUT2D eigenvalue weighted by atomic mass is 32.2. The van der Waals surface area contributed by atoms with Gasteiger partial charge in [0.25, 0.3) is 15.9 Å². The van der Waals surface area contributed by atoms with Crippen molar-refractivity contribution in [3.05, 3.63) is 95.6 Å². The third-order valence-corrected chi connectivity index (χ3v) is 6.20. The number of aryl methyl sites for hydroxylation is 1. The number of anilines is 1. The second kappa shape index (κ2) is 8.27. The largest absolute Gasteiger partial charge is 0.348 e. The minimum atomic E-state index is -3.78. The number of carbonyl (C=O) groups is 1. The molecule has 0 heterocycles. The fourth-order valence-corrected chi connectivity index (χ4v) is 4.03. The van der Waals surface area contributed by atoms with Crippen LogP contribution in [0.25, 0.3) is 0 Å². The maximum atomic E-state index is 13.0. The molecule has 6 heteroatoms. The lowest BCUT2D eigenvalue weighted by Crippen LogP contribution is -2.27. The molecule has 0 fully saturated rings. The van der Waals surface area contributed by atoms with Crippen molar-refractivity contribution < 1.29 is 13.2 Å². The summed E-state index contributed by atoms with van der Waals surface area (Å²) in [5.41, 5.74) is 2.81. The second-order valence-corrected chi connectivity index (χ2v) is 8.48. The Hall–Kier alpha value is -3.12. The van der Waals surface area contributed by atoms with E-state index in [0.29, 0.717) is 17.8 Å². The van der Waals surface area contributed by atoms with E-state index in [4.69, 9.17) is 0 Å². The van der Waals surface area contributed by atoms with E-state index in [0.717, 1.165) is 11.1 Å². The zero-order chi connectivity index (χ0) is 20.1. The van der Waals surface area contributed by atoms with Crippen molar-refractivity contribution in [2.24, 2.45) is 0 Å². The van der Waals surface area contributed by atoms with Crippen molar-refractivity contribution in [1.29, 1.82) is 0 Å². The van der Waals surface area contributed by atoms with Gasteiger partial charge in [0, 0.05) is 19.2 Å². The fourth-order valence-electron chi connectivity index (χ4n) is 2.80. The number of carbonyl (C=O) groups excluding carboxylic acids is 1. The minimum absolute atomic E-state index is 0.0730. The van der Waals surface area contributed by atoms with Crippen LogP contribution in [0, 0.1) is 6.92 Å². The van der Waals surface area contributed by atoms with Gasteiger partial charge in [-0.15, -0.1) is 0 Å². The number of amides is 1. The van der Waals surface area contributed by atoms with Gasteiger partial charge >= 0.3 is 0 Å². The van der Waals surface area contributed by atoms with E-state index in [1.807, 2.05) is 49.4 Å². The van der Waals surface area contributed by atoms with Crippen LogP contribution in [-0.4, -0.2) is 21.4 Å². The van der Waals surface area contributed by atoms with E-state index in [1.165, 1.54) is 23.5 Å². The predicted octanol–water partition coefficient (Wildman–Crippen LogP) is 3.75. The lowest BCUT2D eigenvalue weighted by Gasteiger charge is -2.20. The summed E-state index contributed by atoms with van der Waals surface area (Å²) >= 11 is 0. The molecule has 28 heavy (non-hydrogen) atoms. The quantitative estimate of drug-likeness (QED) is 0.692. The molecule has 0 spiro atoms. The highest BCUT2D eigenvalue weighted by Crippen LogP contribution is 2.23. The number of sulfonamides is 1. The van der Waals surface area contributed by atoms with E-state index in [2.05, 4.69) is 5.32 Å². The number of rotatable bonds is 6. The van der Waals surface area contributed by atoms with Crippen LogP contribution in [0.5, 0.6) is 0 Å². The van der Waals surface area contributed by atoms with Crippen LogP contribution in [-0.2, 0) is 16.6 Å². The number of nitrogens with one attached hydrogen (secondary N) is 1. The zero-order valence-electron chi connectivity index (χ0n) is 15.8. The molecule has 0 bridgehead atoms. The lowest BCUT2D eigenvalue weighted by molar-refractivity contribution is 0.0950. The normalized spacial score (nSPS) is 11.1. The van der Waals surface area contributed by atoms with Gasteiger partial charge in [0.05, 0.1) is 10.6 Å². The summed E-state index contributed by atoms with van der Waals surface area (Å²) in [5, 5.41) is 2.81. The van der Waals surface area contributed by atoms with Gasteiger partial charge in [-0.1, -0.05) is 48.5 Å². The van der Waals surface area contributed by atoms with Crippen molar-refractivity contribution in [3.8, 4) is 0 Å². The first-order valence-electron chi connectivity index (χ1n) is 8.86. The summed E-state index contributed by atoms with van der Waals surface area (Å²) in [6.07, 6.45) is 0. The van der Waals surface area contributed by atoms with Crippen molar-refractivity contribution >= 4 is 21.6 Å². The van der Waals surface area contributed by atoms with Crippen molar-refractivity contribution in [3.63, 3.8) is 0 Å². The molecule has 3 aromatic carbocycles. The molecule has 3 rings (SSSR count). The first-order chi connectivity index (χ1) is 13.4. The Balaban J connectivity index is 1.80. The number of hydrogen-bond acceptors (Lipinski definition) is 3. The van der Waals surface area contributed by atoms with Gasteiger partial charge in [0.2, 0.25) is 0 Å². The molecule has 0 saturated heterocycles. The monoisotopic (exact) mass is 394 g/mol. The van der Waals surface area contributed by atoms with Gasteiger partial charge in [-0.25, -0.2) is 8.42 Å². The Kier molecular flexibility index (Phi) is 5.80. The van der Waals surface area contributed by atoms with E-state index in [9.17, 15) is 13.2 Å². The second-order valence-electron chi connectivity index (χ2n) is 6.51. The lowest BCUT2D eigenvalue weighted by atomic mass is 10.2. The Morgan fingerprint density at radius 3 is 2.36 bits per heavy atom. The van der Waals surface area contributed by atoms with Crippen LogP contribution >= 0.6 is 0 Å². The third kappa shape index (κ3) is 4.40. The fraction of sp³-hybridized carbons (Fsp3) is 0.136. The summed E-state index contributed by atoms with van der Waals surface area (Å²) in [7, 11) is -2.27. The number of nitrogens with zero attached hydrogens (tertiary/aromatic N) is 1. The van der Waals surface area contributed by atoms with Crippen molar-refractivity contribution in [2.75, 3.05) is 11.4 Å². The molecule has 0 aliphatic rings. The maximum absolute atomic E-state index is 13.0. The Morgan fingerprint density at radius 1 is 0.929 bits per heavy atom. The molecule has 0 aromatic heterocycles. The van der Waals surface area contributed by atoms with E-state index in [-0.39, 0.29) is 10.8 Å². The SMILES string of the molecule is Cc1cccc(N(C)S(=O)(=O)c2cccc(C(=O)NCc3ccccc3)c2)c1. The van der Waals surface area contributed by atoms with Crippen molar-refractivity contribution in [1.82, 2.24) is 5.32 Å². The molecule has 1 N–H and O–H groups in total. The molecular formula is C22H22N2O3S. The summed E-state index contributed by atoms with van der Waals surface area (Å²) in [6, 6.07) is 22.9. The van der Waals surface area contributed by atoms with Gasteiger partial charge in [-0.05, 0) is 48.4 Å². The molecule has 0 aliphatic carbocycles. The minimum Gasteiger partial charge on any atom is -0.348 e. The molecule has 0 saturated carbocycles. The van der Waals surface area contributed by atoms with Gasteiger partial charge in [-0.2, -0.15) is 0 Å². The molecular weight excluding hydrogens is 372 g/mol. The summed E-state index contributed by atoms with van der Waals surface area (Å²) < 4.78 is 27.2. The third-order valence-electron chi connectivity index (χ3n) is 4.42. The first kappa shape index (κ1) is 19.6. The van der Waals surface area contributed by atoms with Gasteiger partial charge in [0.15, 0.2) is 0 Å². The van der Waals surface area contributed by atoms with Gasteiger partial charge in [0.1, 0.15) is 0 Å². The van der Waals surface area contributed by atoms with Gasteiger partial charge < -0.3 is 5.32 Å². The number of benzene rings is 3. The number of hydrogen-bond donors (Lipinski definition) is 1. The highest BCUT2D eigenvalue weighted by molar-refractivity contribution is 7.92. The van der Waals surface area contributed by atoms with Crippen molar-refractivity contribution in [2.45, 2.75) is 18.4 Å². The molecule has 0 unspecified atom stereocenters. The molecule has 0 atom stereocenters. The topological polar surface area (TPSA) is 66.5 Å². The van der Waals surface area contributed by atoms with E-state index < -0.39 is 10.0 Å². The van der Waals surface area contributed by atoms with Crippen LogP contribution in [0.3, 0.4) is 0 Å². The van der Waals surface area contributed by atoms with Crippen LogP contribution < -0.4 is 9.62 Å². The average Bonchev–Trinajstić information content (AvgIpc) is 2.72. The average molecular weight is 394 g/mol. The van der Waals surface area contributed by atoms with Crippen LogP contribution in [0.15, 0.2) is 83.8 Å². The summed E-state index contributed by atoms with van der Waals surface area (Å²) in [6.45, 7) is 2.28. The molecule has 0 radical (unpaired) electrons. The molecule has 3 aromatic rings. The predicted molar refractivity (Wildman–Crippen MR) is 111 cm³/mol. The Labute approximate surface area is 165 Å².